The zero-order valence-corrected chi connectivity index (χ0v) is 16.6. The molecule has 1 aromatic carbocycles. The Labute approximate surface area is 160 Å². The Hall–Kier alpha value is -2.89. The summed E-state index contributed by atoms with van der Waals surface area (Å²) in [5.74, 6) is 1.78. The van der Waals surface area contributed by atoms with Gasteiger partial charge in [-0.25, -0.2) is 0 Å². The fraction of sp³-hybridized carbons (Fsp3) is 0.381. The molecule has 0 amide bonds. The highest BCUT2D eigenvalue weighted by Crippen LogP contribution is 2.21. The van der Waals surface area contributed by atoms with Crippen LogP contribution in [-0.2, 0) is 7.05 Å². The number of pyridine rings is 1. The number of nitrogens with zero attached hydrogens (tertiary/aromatic N) is 5. The van der Waals surface area contributed by atoms with Crippen molar-refractivity contribution in [1.82, 2.24) is 9.47 Å². The van der Waals surface area contributed by atoms with Crippen LogP contribution in [0.1, 0.15) is 19.4 Å². The van der Waals surface area contributed by atoms with Crippen molar-refractivity contribution < 1.29 is 0 Å². The summed E-state index contributed by atoms with van der Waals surface area (Å²) in [6.07, 6.45) is 1.67. The Morgan fingerprint density at radius 3 is 2.52 bits per heavy atom. The molecule has 0 N–H and O–H groups in total. The van der Waals surface area contributed by atoms with E-state index < -0.39 is 0 Å². The lowest BCUT2D eigenvalue weighted by Crippen LogP contribution is -2.50. The van der Waals surface area contributed by atoms with E-state index in [-0.39, 0.29) is 5.56 Å². The quantitative estimate of drug-likeness (QED) is 0.477. The average Bonchev–Trinajstić information content (AvgIpc) is 2.66. The Morgan fingerprint density at radius 2 is 1.89 bits per heavy atom. The maximum absolute atomic E-state index is 12.8. The summed E-state index contributed by atoms with van der Waals surface area (Å²) >= 11 is 0. The van der Waals surface area contributed by atoms with Gasteiger partial charge in [-0.3, -0.25) is 9.36 Å². The lowest BCUT2D eigenvalue weighted by Gasteiger charge is -2.38. The molecule has 1 fully saturated rings. The largest absolute Gasteiger partial charge is 0.354 e. The predicted octanol–water partition coefficient (Wildman–Crippen LogP) is 2.95. The molecular weight excluding hydrogens is 338 g/mol. The SMILES string of the molecule is C=C(C)/C(=N\N=C\C)N1CCN(c2cc3ccc(C)cc3c(=O)n2C)CC1. The molecule has 2 heterocycles. The van der Waals surface area contributed by atoms with Crippen LogP contribution in [0.15, 0.2) is 51.4 Å². The second-order valence-electron chi connectivity index (χ2n) is 7.01. The van der Waals surface area contributed by atoms with E-state index in [9.17, 15) is 4.79 Å². The number of hydrogen-bond acceptors (Lipinski definition) is 4. The Balaban J connectivity index is 1.86. The highest BCUT2D eigenvalue weighted by molar-refractivity contribution is 5.97. The van der Waals surface area contributed by atoms with Gasteiger partial charge >= 0.3 is 0 Å². The maximum Gasteiger partial charge on any atom is 0.259 e. The van der Waals surface area contributed by atoms with E-state index in [1.807, 2.05) is 46.0 Å². The third-order valence-electron chi connectivity index (χ3n) is 4.92. The summed E-state index contributed by atoms with van der Waals surface area (Å²) in [4.78, 5) is 17.3. The minimum atomic E-state index is 0.0510. The molecule has 0 atom stereocenters. The van der Waals surface area contributed by atoms with Crippen molar-refractivity contribution in [2.75, 3.05) is 31.1 Å². The van der Waals surface area contributed by atoms with Gasteiger partial charge in [0.15, 0.2) is 5.84 Å². The van der Waals surface area contributed by atoms with E-state index in [1.54, 1.807) is 10.8 Å². The van der Waals surface area contributed by atoms with Crippen LogP contribution in [0.25, 0.3) is 10.8 Å². The van der Waals surface area contributed by atoms with Gasteiger partial charge in [0.05, 0.1) is 0 Å². The fourth-order valence-electron chi connectivity index (χ4n) is 3.48. The second-order valence-corrected chi connectivity index (χ2v) is 7.01. The number of aryl methyl sites for hydroxylation is 1. The lowest BCUT2D eigenvalue weighted by molar-refractivity contribution is 0.382. The van der Waals surface area contributed by atoms with E-state index in [4.69, 9.17) is 0 Å². The molecule has 3 rings (SSSR count). The first-order valence-corrected chi connectivity index (χ1v) is 9.24. The van der Waals surface area contributed by atoms with Crippen molar-refractivity contribution >= 4 is 28.6 Å². The number of fused-ring (bicyclic) bond motifs is 1. The third kappa shape index (κ3) is 3.79. The number of aromatic nitrogens is 1. The molecule has 0 saturated carbocycles. The summed E-state index contributed by atoms with van der Waals surface area (Å²) in [5.41, 5.74) is 2.06. The van der Waals surface area contributed by atoms with Crippen LogP contribution < -0.4 is 10.5 Å². The van der Waals surface area contributed by atoms with Crippen molar-refractivity contribution in [3.8, 4) is 0 Å². The molecule has 0 spiro atoms. The van der Waals surface area contributed by atoms with Gasteiger partial charge in [-0.1, -0.05) is 24.3 Å². The molecule has 0 aliphatic carbocycles. The van der Waals surface area contributed by atoms with Crippen LogP contribution >= 0.6 is 0 Å². The molecule has 27 heavy (non-hydrogen) atoms. The van der Waals surface area contributed by atoms with Crippen LogP contribution in [0, 0.1) is 6.92 Å². The Morgan fingerprint density at radius 1 is 1.19 bits per heavy atom. The van der Waals surface area contributed by atoms with E-state index in [1.165, 1.54) is 0 Å². The second kappa shape index (κ2) is 7.78. The predicted molar refractivity (Wildman–Crippen MR) is 114 cm³/mol. The van der Waals surface area contributed by atoms with Gasteiger partial charge in [0.25, 0.3) is 5.56 Å². The smallest absolute Gasteiger partial charge is 0.259 e. The Bertz CT molecular complexity index is 978. The summed E-state index contributed by atoms with van der Waals surface area (Å²) in [6, 6.07) is 8.15. The van der Waals surface area contributed by atoms with Crippen molar-refractivity contribution in [1.29, 1.82) is 0 Å². The lowest BCUT2D eigenvalue weighted by atomic mass is 10.1. The number of rotatable bonds is 3. The van der Waals surface area contributed by atoms with Gasteiger partial charge < -0.3 is 9.80 Å². The monoisotopic (exact) mass is 365 g/mol. The molecule has 6 nitrogen and oxygen atoms in total. The topological polar surface area (TPSA) is 53.2 Å². The zero-order valence-electron chi connectivity index (χ0n) is 16.6. The Kier molecular flexibility index (Phi) is 5.44. The molecule has 2 aromatic rings. The van der Waals surface area contributed by atoms with Crippen LogP contribution in [0.5, 0.6) is 0 Å². The summed E-state index contributed by atoms with van der Waals surface area (Å²) in [7, 11) is 1.85. The highest BCUT2D eigenvalue weighted by atomic mass is 16.1. The first-order chi connectivity index (χ1) is 12.9. The van der Waals surface area contributed by atoms with E-state index in [0.29, 0.717) is 0 Å². The average molecular weight is 365 g/mol. The zero-order chi connectivity index (χ0) is 19.6. The molecule has 0 radical (unpaired) electrons. The van der Waals surface area contributed by atoms with Crippen molar-refractivity contribution in [3.63, 3.8) is 0 Å². The minimum Gasteiger partial charge on any atom is -0.354 e. The molecule has 0 unspecified atom stereocenters. The number of anilines is 1. The minimum absolute atomic E-state index is 0.0510. The number of benzene rings is 1. The normalized spacial score (nSPS) is 15.8. The van der Waals surface area contributed by atoms with Gasteiger partial charge in [-0.2, -0.15) is 5.10 Å². The molecule has 1 saturated heterocycles. The molecule has 0 bridgehead atoms. The molecular formula is C21H27N5O. The van der Waals surface area contributed by atoms with Gasteiger partial charge in [0, 0.05) is 44.8 Å². The van der Waals surface area contributed by atoms with Crippen LogP contribution in [0.3, 0.4) is 0 Å². The molecule has 1 aliphatic rings. The van der Waals surface area contributed by atoms with Gasteiger partial charge in [-0.15, -0.1) is 5.10 Å². The van der Waals surface area contributed by atoms with E-state index in [2.05, 4.69) is 32.6 Å². The number of hydrogen-bond donors (Lipinski definition) is 0. The van der Waals surface area contributed by atoms with Crippen LogP contribution in [-0.4, -0.2) is 47.7 Å². The first-order valence-electron chi connectivity index (χ1n) is 9.24. The fourth-order valence-corrected chi connectivity index (χ4v) is 3.48. The number of piperazine rings is 1. The van der Waals surface area contributed by atoms with Crippen molar-refractivity contribution in [2.45, 2.75) is 20.8 Å². The molecule has 142 valence electrons. The molecule has 1 aromatic heterocycles. The summed E-state index contributed by atoms with van der Waals surface area (Å²) < 4.78 is 1.76. The highest BCUT2D eigenvalue weighted by Gasteiger charge is 2.22. The third-order valence-corrected chi connectivity index (χ3v) is 4.92. The van der Waals surface area contributed by atoms with Gasteiger partial charge in [-0.05, 0) is 43.9 Å². The van der Waals surface area contributed by atoms with Crippen LogP contribution in [0.4, 0.5) is 5.82 Å². The van der Waals surface area contributed by atoms with Gasteiger partial charge in [0.2, 0.25) is 0 Å². The number of amidine groups is 1. The molecule has 6 heteroatoms. The van der Waals surface area contributed by atoms with E-state index >= 15 is 0 Å². The molecule has 1 aliphatic heterocycles. The maximum atomic E-state index is 12.8. The first kappa shape index (κ1) is 18.9. The summed E-state index contributed by atoms with van der Waals surface area (Å²) in [5, 5.41) is 10.1. The van der Waals surface area contributed by atoms with Crippen molar-refractivity contribution in [2.24, 2.45) is 17.3 Å². The van der Waals surface area contributed by atoms with Crippen molar-refractivity contribution in [3.05, 3.63) is 52.3 Å². The standard InChI is InChI=1S/C21H27N5O/c1-6-22-23-20(15(2)3)26-11-9-25(10-12-26)19-14-17-8-7-16(4)13-18(17)21(27)24(19)5/h6-8,13-14H,2,9-12H2,1,3-5H3/b22-6+,23-20+. The van der Waals surface area contributed by atoms with Gasteiger partial charge in [0.1, 0.15) is 5.82 Å². The van der Waals surface area contributed by atoms with Crippen LogP contribution in [0.2, 0.25) is 0 Å². The van der Waals surface area contributed by atoms with E-state index in [0.717, 1.165) is 59.7 Å². The summed E-state index contributed by atoms with van der Waals surface area (Å²) in [6.45, 7) is 13.1.